The van der Waals surface area contributed by atoms with Crippen LogP contribution in [0.5, 0.6) is 0 Å². The highest BCUT2D eigenvalue weighted by molar-refractivity contribution is 5.47. The Morgan fingerprint density at radius 1 is 1.09 bits per heavy atom. The quantitative estimate of drug-likeness (QED) is 0.806. The molecule has 3 rings (SSSR count). The van der Waals surface area contributed by atoms with E-state index in [4.69, 9.17) is 5.73 Å². The summed E-state index contributed by atoms with van der Waals surface area (Å²) in [6.07, 6.45) is -0.446. The van der Waals surface area contributed by atoms with Gasteiger partial charge in [-0.05, 0) is 23.3 Å². The second-order valence-corrected chi connectivity index (χ2v) is 5.09. The van der Waals surface area contributed by atoms with Crippen LogP contribution >= 0.6 is 0 Å². The van der Waals surface area contributed by atoms with Crippen LogP contribution in [-0.4, -0.2) is 9.38 Å². The average molecular weight is 305 g/mol. The molecule has 3 nitrogen and oxygen atoms in total. The number of rotatable bonds is 3. The van der Waals surface area contributed by atoms with Crippen molar-refractivity contribution in [2.75, 3.05) is 0 Å². The predicted octanol–water partition coefficient (Wildman–Crippen LogP) is 3.40. The number of fused-ring (bicyclic) bond motifs is 1. The number of aromatic nitrogens is 2. The Hall–Kier alpha value is -2.34. The zero-order valence-electron chi connectivity index (χ0n) is 11.6. The molecule has 2 heterocycles. The number of nitrogens with zero attached hydrogens (tertiary/aromatic N) is 2. The first kappa shape index (κ1) is 14.6. The maximum atomic E-state index is 12.8. The highest BCUT2D eigenvalue weighted by atomic mass is 19.4. The van der Waals surface area contributed by atoms with E-state index in [0.29, 0.717) is 24.4 Å². The molecule has 0 atom stereocenters. The molecule has 0 bridgehead atoms. The number of halogens is 3. The number of imidazole rings is 1. The van der Waals surface area contributed by atoms with Crippen LogP contribution in [0.3, 0.4) is 0 Å². The van der Waals surface area contributed by atoms with E-state index < -0.39 is 11.7 Å². The van der Waals surface area contributed by atoms with Gasteiger partial charge in [0.2, 0.25) is 0 Å². The van der Waals surface area contributed by atoms with Crippen molar-refractivity contribution in [3.05, 3.63) is 71.3 Å². The third kappa shape index (κ3) is 2.82. The summed E-state index contributed by atoms with van der Waals surface area (Å²) in [6.45, 7) is 0.400. The van der Waals surface area contributed by atoms with Crippen LogP contribution in [0.1, 0.15) is 22.5 Å². The minimum absolute atomic E-state index is 0.326. The number of hydrogen-bond donors (Lipinski definition) is 1. The summed E-state index contributed by atoms with van der Waals surface area (Å²) in [4.78, 5) is 4.30. The van der Waals surface area contributed by atoms with E-state index in [9.17, 15) is 13.2 Å². The first-order valence-corrected chi connectivity index (χ1v) is 6.78. The number of nitrogens with two attached hydrogens (primary N) is 1. The normalized spacial score (nSPS) is 12.0. The Kier molecular flexibility index (Phi) is 3.62. The van der Waals surface area contributed by atoms with E-state index in [1.807, 2.05) is 22.7 Å². The monoisotopic (exact) mass is 305 g/mol. The van der Waals surface area contributed by atoms with Crippen molar-refractivity contribution in [2.45, 2.75) is 19.1 Å². The zero-order valence-corrected chi connectivity index (χ0v) is 11.6. The van der Waals surface area contributed by atoms with Crippen LogP contribution < -0.4 is 5.73 Å². The molecule has 6 heteroatoms. The summed E-state index contributed by atoms with van der Waals surface area (Å²) >= 11 is 0. The van der Waals surface area contributed by atoms with Gasteiger partial charge in [0.15, 0.2) is 0 Å². The predicted molar refractivity (Wildman–Crippen MR) is 77.3 cm³/mol. The molecular formula is C16H14F3N3. The molecular weight excluding hydrogens is 291 g/mol. The van der Waals surface area contributed by atoms with Gasteiger partial charge in [-0.1, -0.05) is 24.3 Å². The highest BCUT2D eigenvalue weighted by Gasteiger charge is 2.30. The van der Waals surface area contributed by atoms with Gasteiger partial charge < -0.3 is 10.1 Å². The topological polar surface area (TPSA) is 43.3 Å². The van der Waals surface area contributed by atoms with E-state index >= 15 is 0 Å². The van der Waals surface area contributed by atoms with Crippen LogP contribution in [0.2, 0.25) is 0 Å². The zero-order chi connectivity index (χ0) is 15.7. The molecule has 0 saturated carbocycles. The van der Waals surface area contributed by atoms with E-state index in [1.54, 1.807) is 12.3 Å². The smallest absolute Gasteiger partial charge is 0.326 e. The molecule has 3 aromatic rings. The molecule has 0 aliphatic rings. The molecule has 1 aromatic carbocycles. The second kappa shape index (κ2) is 5.46. The SMILES string of the molecule is NCc1ccc2cnc(Cc3cccc(C(F)(F)F)c3)n2c1. The van der Waals surface area contributed by atoms with Gasteiger partial charge in [0, 0.05) is 19.2 Å². The minimum atomic E-state index is -4.34. The van der Waals surface area contributed by atoms with Crippen LogP contribution in [0.25, 0.3) is 5.52 Å². The summed E-state index contributed by atoms with van der Waals surface area (Å²) in [5, 5.41) is 0. The molecule has 0 radical (unpaired) electrons. The molecule has 0 spiro atoms. The average Bonchev–Trinajstić information content (AvgIpc) is 2.89. The van der Waals surface area contributed by atoms with Crippen molar-refractivity contribution >= 4 is 5.52 Å². The van der Waals surface area contributed by atoms with Crippen LogP contribution in [0, 0.1) is 0 Å². The number of pyridine rings is 1. The first-order chi connectivity index (χ1) is 10.5. The van der Waals surface area contributed by atoms with Crippen molar-refractivity contribution in [3.8, 4) is 0 Å². The van der Waals surface area contributed by atoms with Gasteiger partial charge in [0.1, 0.15) is 5.82 Å². The number of hydrogen-bond acceptors (Lipinski definition) is 2. The van der Waals surface area contributed by atoms with Gasteiger partial charge in [-0.3, -0.25) is 0 Å². The van der Waals surface area contributed by atoms with E-state index in [-0.39, 0.29) is 0 Å². The fourth-order valence-electron chi connectivity index (χ4n) is 2.38. The van der Waals surface area contributed by atoms with Crippen molar-refractivity contribution in [2.24, 2.45) is 5.73 Å². The molecule has 2 aromatic heterocycles. The molecule has 0 aliphatic heterocycles. The second-order valence-electron chi connectivity index (χ2n) is 5.09. The lowest BCUT2D eigenvalue weighted by molar-refractivity contribution is -0.137. The molecule has 0 fully saturated rings. The van der Waals surface area contributed by atoms with Gasteiger partial charge in [0.25, 0.3) is 0 Å². The van der Waals surface area contributed by atoms with Gasteiger partial charge in [-0.2, -0.15) is 13.2 Å². The summed E-state index contributed by atoms with van der Waals surface area (Å²) in [5.74, 6) is 0.685. The molecule has 0 saturated heterocycles. The maximum absolute atomic E-state index is 12.8. The lowest BCUT2D eigenvalue weighted by atomic mass is 10.1. The molecule has 114 valence electrons. The van der Waals surface area contributed by atoms with Crippen molar-refractivity contribution in [1.82, 2.24) is 9.38 Å². The number of alkyl halides is 3. The third-order valence-electron chi connectivity index (χ3n) is 3.52. The van der Waals surface area contributed by atoms with Gasteiger partial charge in [0.05, 0.1) is 17.3 Å². The minimum Gasteiger partial charge on any atom is -0.326 e. The Balaban J connectivity index is 1.96. The maximum Gasteiger partial charge on any atom is 0.416 e. The van der Waals surface area contributed by atoms with E-state index in [1.165, 1.54) is 6.07 Å². The van der Waals surface area contributed by atoms with Crippen LogP contribution in [0.4, 0.5) is 13.2 Å². The molecule has 0 aliphatic carbocycles. The molecule has 0 unspecified atom stereocenters. The summed E-state index contributed by atoms with van der Waals surface area (Å²) in [5.41, 5.74) is 7.37. The Bertz CT molecular complexity index is 806. The first-order valence-electron chi connectivity index (χ1n) is 6.78. The van der Waals surface area contributed by atoms with Gasteiger partial charge >= 0.3 is 6.18 Å². The standard InChI is InChI=1S/C16H14F3N3/c17-16(18,19)13-3-1-2-11(6-13)7-15-21-9-14-5-4-12(8-20)10-22(14)15/h1-6,9-10H,7-8,20H2. The summed E-state index contributed by atoms with van der Waals surface area (Å²) in [7, 11) is 0. The Morgan fingerprint density at radius 2 is 1.91 bits per heavy atom. The fraction of sp³-hybridized carbons (Fsp3) is 0.188. The highest BCUT2D eigenvalue weighted by Crippen LogP contribution is 2.30. The molecule has 2 N–H and O–H groups in total. The Labute approximate surface area is 125 Å². The van der Waals surface area contributed by atoms with Gasteiger partial charge in [-0.15, -0.1) is 0 Å². The number of benzene rings is 1. The lowest BCUT2D eigenvalue weighted by Gasteiger charge is -2.09. The summed E-state index contributed by atoms with van der Waals surface area (Å²) in [6, 6.07) is 9.12. The van der Waals surface area contributed by atoms with Crippen LogP contribution in [0.15, 0.2) is 48.8 Å². The van der Waals surface area contributed by atoms with Crippen LogP contribution in [-0.2, 0) is 19.1 Å². The van der Waals surface area contributed by atoms with Crippen molar-refractivity contribution in [3.63, 3.8) is 0 Å². The van der Waals surface area contributed by atoms with Crippen molar-refractivity contribution < 1.29 is 13.2 Å². The fourth-order valence-corrected chi connectivity index (χ4v) is 2.38. The van der Waals surface area contributed by atoms with E-state index in [0.717, 1.165) is 23.2 Å². The van der Waals surface area contributed by atoms with Gasteiger partial charge in [-0.25, -0.2) is 4.98 Å². The van der Waals surface area contributed by atoms with Crippen molar-refractivity contribution in [1.29, 1.82) is 0 Å². The third-order valence-corrected chi connectivity index (χ3v) is 3.52. The lowest BCUT2D eigenvalue weighted by Crippen LogP contribution is -2.06. The molecule has 22 heavy (non-hydrogen) atoms. The largest absolute Gasteiger partial charge is 0.416 e. The Morgan fingerprint density at radius 3 is 2.64 bits per heavy atom. The van der Waals surface area contributed by atoms with E-state index in [2.05, 4.69) is 4.98 Å². The molecule has 0 amide bonds. The summed E-state index contributed by atoms with van der Waals surface area (Å²) < 4.78 is 40.2.